The van der Waals surface area contributed by atoms with E-state index in [1.54, 1.807) is 50.2 Å². The maximum atomic E-state index is 13.6. The molecule has 0 fully saturated rings. The molecule has 2 aromatic carbocycles. The minimum Gasteiger partial charge on any atom is -0.410 e. The summed E-state index contributed by atoms with van der Waals surface area (Å²) in [6, 6.07) is 13.6. The summed E-state index contributed by atoms with van der Waals surface area (Å²) in [6.45, 7) is 3.43. The van der Waals surface area contributed by atoms with Crippen molar-refractivity contribution in [3.63, 3.8) is 0 Å². The zero-order valence-corrected chi connectivity index (χ0v) is 12.8. The highest BCUT2D eigenvalue weighted by Gasteiger charge is 2.10. The van der Waals surface area contributed by atoms with Crippen LogP contribution in [0.3, 0.4) is 0 Å². The van der Waals surface area contributed by atoms with Gasteiger partial charge in [0, 0.05) is 11.5 Å². The van der Waals surface area contributed by atoms with Gasteiger partial charge in [-0.3, -0.25) is 10.3 Å². The maximum absolute atomic E-state index is 13.6. The molecule has 0 aliphatic heterocycles. The molecule has 4 nitrogen and oxygen atoms in total. The quantitative estimate of drug-likeness (QED) is 0.752. The number of rotatable bonds is 2. The predicted molar refractivity (Wildman–Crippen MR) is 87.3 cm³/mol. The van der Waals surface area contributed by atoms with E-state index in [1.807, 2.05) is 6.07 Å². The number of nitrogens with one attached hydrogen (secondary N) is 1. The van der Waals surface area contributed by atoms with Crippen molar-refractivity contribution < 1.29 is 13.9 Å². The standard InChI is InChI=1S/C18H15FN2O2/c1-11-8-13-9-16(12(2)20-17(13)10-15(11)19)21-18(22)23-14-6-4-3-5-7-14/h3-10H,1-2H3,(H,21,22). The third kappa shape index (κ3) is 3.29. The molecule has 0 unspecified atom stereocenters. The molecule has 0 radical (unpaired) electrons. The molecule has 23 heavy (non-hydrogen) atoms. The molecule has 1 N–H and O–H groups in total. The molecule has 1 amide bonds. The number of pyridine rings is 1. The Morgan fingerprint density at radius 3 is 2.61 bits per heavy atom. The van der Waals surface area contributed by atoms with E-state index in [2.05, 4.69) is 10.3 Å². The number of nitrogens with zero attached hydrogens (tertiary/aromatic N) is 1. The SMILES string of the molecule is Cc1cc2cc(NC(=O)Oc3ccccc3)c(C)nc2cc1F. The van der Waals surface area contributed by atoms with E-state index in [0.29, 0.717) is 28.2 Å². The van der Waals surface area contributed by atoms with Crippen molar-refractivity contribution in [2.75, 3.05) is 5.32 Å². The number of halogens is 1. The number of anilines is 1. The van der Waals surface area contributed by atoms with E-state index < -0.39 is 6.09 Å². The van der Waals surface area contributed by atoms with Gasteiger partial charge in [0.1, 0.15) is 11.6 Å². The Morgan fingerprint density at radius 1 is 1.13 bits per heavy atom. The number of amides is 1. The van der Waals surface area contributed by atoms with Gasteiger partial charge in [-0.2, -0.15) is 0 Å². The first-order valence-corrected chi connectivity index (χ1v) is 7.14. The van der Waals surface area contributed by atoms with Crippen LogP contribution < -0.4 is 10.1 Å². The zero-order valence-electron chi connectivity index (χ0n) is 12.8. The van der Waals surface area contributed by atoms with Crippen LogP contribution in [0, 0.1) is 19.7 Å². The second kappa shape index (κ2) is 6.04. The normalized spacial score (nSPS) is 10.6. The molecular weight excluding hydrogens is 295 g/mol. The highest BCUT2D eigenvalue weighted by molar-refractivity contribution is 5.91. The summed E-state index contributed by atoms with van der Waals surface area (Å²) < 4.78 is 18.8. The van der Waals surface area contributed by atoms with Crippen LogP contribution >= 0.6 is 0 Å². The number of hydrogen-bond donors (Lipinski definition) is 1. The Morgan fingerprint density at radius 2 is 1.87 bits per heavy atom. The molecule has 0 saturated heterocycles. The number of ether oxygens (including phenoxy) is 1. The number of carbonyl (C=O) groups excluding carboxylic acids is 1. The van der Waals surface area contributed by atoms with Crippen LogP contribution in [0.25, 0.3) is 10.9 Å². The summed E-state index contributed by atoms with van der Waals surface area (Å²) in [4.78, 5) is 16.3. The van der Waals surface area contributed by atoms with Gasteiger partial charge in [0.2, 0.25) is 0 Å². The predicted octanol–water partition coefficient (Wildman–Crippen LogP) is 4.60. The third-order valence-electron chi connectivity index (χ3n) is 3.48. The van der Waals surface area contributed by atoms with E-state index in [9.17, 15) is 9.18 Å². The lowest BCUT2D eigenvalue weighted by Gasteiger charge is -2.10. The van der Waals surface area contributed by atoms with Gasteiger partial charge < -0.3 is 4.74 Å². The minimum absolute atomic E-state index is 0.298. The van der Waals surface area contributed by atoms with Gasteiger partial charge in [0.15, 0.2) is 0 Å². The fraction of sp³-hybridized carbons (Fsp3) is 0.111. The van der Waals surface area contributed by atoms with Crippen LogP contribution in [0.5, 0.6) is 5.75 Å². The van der Waals surface area contributed by atoms with E-state index in [0.717, 1.165) is 5.39 Å². The lowest BCUT2D eigenvalue weighted by molar-refractivity contribution is 0.215. The topological polar surface area (TPSA) is 51.2 Å². The summed E-state index contributed by atoms with van der Waals surface area (Å²) in [5, 5.41) is 3.42. The summed E-state index contributed by atoms with van der Waals surface area (Å²) in [5.41, 5.74) is 2.20. The van der Waals surface area contributed by atoms with Gasteiger partial charge in [-0.25, -0.2) is 9.18 Å². The molecule has 0 aliphatic rings. The zero-order chi connectivity index (χ0) is 16.4. The van der Waals surface area contributed by atoms with Crippen molar-refractivity contribution in [3.8, 4) is 5.75 Å². The van der Waals surface area contributed by atoms with Crippen molar-refractivity contribution in [2.24, 2.45) is 0 Å². The lowest BCUT2D eigenvalue weighted by Crippen LogP contribution is -2.17. The number of fused-ring (bicyclic) bond motifs is 1. The van der Waals surface area contributed by atoms with E-state index in [1.165, 1.54) is 6.07 Å². The maximum Gasteiger partial charge on any atom is 0.417 e. The molecule has 3 rings (SSSR count). The van der Waals surface area contributed by atoms with Gasteiger partial charge in [0.25, 0.3) is 0 Å². The van der Waals surface area contributed by atoms with E-state index in [-0.39, 0.29) is 5.82 Å². The molecule has 5 heteroatoms. The first kappa shape index (κ1) is 15.0. The summed E-state index contributed by atoms with van der Waals surface area (Å²) in [5.74, 6) is 0.155. The van der Waals surface area contributed by atoms with Crippen LogP contribution in [0.2, 0.25) is 0 Å². The van der Waals surface area contributed by atoms with E-state index >= 15 is 0 Å². The van der Waals surface area contributed by atoms with Gasteiger partial charge in [0.05, 0.1) is 16.9 Å². The molecule has 3 aromatic rings. The van der Waals surface area contributed by atoms with Crippen LogP contribution in [-0.2, 0) is 0 Å². The Kier molecular flexibility index (Phi) is 3.93. The molecule has 116 valence electrons. The lowest BCUT2D eigenvalue weighted by atomic mass is 10.1. The van der Waals surface area contributed by atoms with Crippen LogP contribution in [0.1, 0.15) is 11.3 Å². The fourth-order valence-electron chi connectivity index (χ4n) is 2.26. The Bertz CT molecular complexity index is 879. The van der Waals surface area contributed by atoms with Gasteiger partial charge >= 0.3 is 6.09 Å². The van der Waals surface area contributed by atoms with Crippen molar-refractivity contribution in [2.45, 2.75) is 13.8 Å². The molecule has 1 aromatic heterocycles. The Labute approximate surface area is 132 Å². The molecular formula is C18H15FN2O2. The number of hydrogen-bond acceptors (Lipinski definition) is 3. The summed E-state index contributed by atoms with van der Waals surface area (Å²) in [6.07, 6.45) is -0.598. The average Bonchev–Trinajstić information content (AvgIpc) is 2.51. The smallest absolute Gasteiger partial charge is 0.410 e. The third-order valence-corrected chi connectivity index (χ3v) is 3.48. The molecule has 0 spiro atoms. The largest absolute Gasteiger partial charge is 0.417 e. The second-order valence-corrected chi connectivity index (χ2v) is 5.24. The number of aromatic nitrogens is 1. The first-order chi connectivity index (χ1) is 11.0. The Hall–Kier alpha value is -2.95. The van der Waals surface area contributed by atoms with Crippen molar-refractivity contribution in [3.05, 3.63) is 65.6 Å². The second-order valence-electron chi connectivity index (χ2n) is 5.24. The first-order valence-electron chi connectivity index (χ1n) is 7.14. The van der Waals surface area contributed by atoms with Gasteiger partial charge in [-0.1, -0.05) is 18.2 Å². The summed E-state index contributed by atoms with van der Waals surface area (Å²) >= 11 is 0. The number of carbonyl (C=O) groups is 1. The van der Waals surface area contributed by atoms with Gasteiger partial charge in [-0.05, 0) is 43.7 Å². The Balaban J connectivity index is 1.86. The number of benzene rings is 2. The molecule has 0 aliphatic carbocycles. The fourth-order valence-corrected chi connectivity index (χ4v) is 2.26. The average molecular weight is 310 g/mol. The van der Waals surface area contributed by atoms with Gasteiger partial charge in [-0.15, -0.1) is 0 Å². The van der Waals surface area contributed by atoms with Crippen molar-refractivity contribution >= 4 is 22.7 Å². The molecule has 1 heterocycles. The van der Waals surface area contributed by atoms with Crippen LogP contribution in [-0.4, -0.2) is 11.1 Å². The monoisotopic (exact) mass is 310 g/mol. The summed E-state index contributed by atoms with van der Waals surface area (Å²) in [7, 11) is 0. The highest BCUT2D eigenvalue weighted by Crippen LogP contribution is 2.23. The molecule has 0 atom stereocenters. The molecule has 0 saturated carbocycles. The van der Waals surface area contributed by atoms with Crippen molar-refractivity contribution in [1.82, 2.24) is 4.98 Å². The molecule has 0 bridgehead atoms. The van der Waals surface area contributed by atoms with E-state index in [4.69, 9.17) is 4.74 Å². The number of para-hydroxylation sites is 1. The number of aryl methyl sites for hydroxylation is 2. The minimum atomic E-state index is -0.598. The van der Waals surface area contributed by atoms with Crippen LogP contribution in [0.15, 0.2) is 48.5 Å². The van der Waals surface area contributed by atoms with Crippen LogP contribution in [0.4, 0.5) is 14.9 Å². The highest BCUT2D eigenvalue weighted by atomic mass is 19.1. The van der Waals surface area contributed by atoms with Crippen molar-refractivity contribution in [1.29, 1.82) is 0 Å².